The number of amides is 2. The molecule has 0 spiro atoms. The zero-order chi connectivity index (χ0) is 22.9. The molecule has 0 saturated carbocycles. The van der Waals surface area contributed by atoms with Crippen LogP contribution in [0.2, 0.25) is 0 Å². The maximum absolute atomic E-state index is 12.5. The monoisotopic (exact) mass is 460 g/mol. The van der Waals surface area contributed by atoms with Crippen LogP contribution >= 0.6 is 11.8 Å². The normalized spacial score (nSPS) is 16.2. The topological polar surface area (TPSA) is 96.7 Å². The molecule has 9 heteroatoms. The highest BCUT2D eigenvalue weighted by atomic mass is 32.2. The highest BCUT2D eigenvalue weighted by molar-refractivity contribution is 8.01. The van der Waals surface area contributed by atoms with Crippen molar-refractivity contribution >= 4 is 29.4 Å². The van der Waals surface area contributed by atoms with Gasteiger partial charge in [0.15, 0.2) is 5.82 Å². The van der Waals surface area contributed by atoms with Gasteiger partial charge in [0.05, 0.1) is 24.2 Å². The molecule has 174 valence electrons. The fraction of sp³-hybridized carbons (Fsp3) is 0.522. The van der Waals surface area contributed by atoms with E-state index in [9.17, 15) is 9.59 Å². The molecule has 3 rings (SSSR count). The summed E-state index contributed by atoms with van der Waals surface area (Å²) in [5.41, 5.74) is 1.16. The lowest BCUT2D eigenvalue weighted by molar-refractivity contribution is -0.118. The number of nitrogens with zero attached hydrogens (tertiary/aromatic N) is 2. The fourth-order valence-corrected chi connectivity index (χ4v) is 4.42. The first-order valence-corrected chi connectivity index (χ1v) is 12.0. The van der Waals surface area contributed by atoms with Crippen LogP contribution in [0.1, 0.15) is 43.6 Å². The minimum atomic E-state index is -0.391. The zero-order valence-electron chi connectivity index (χ0n) is 18.9. The van der Waals surface area contributed by atoms with E-state index in [1.54, 1.807) is 27.0 Å². The molecule has 1 fully saturated rings. The van der Waals surface area contributed by atoms with E-state index < -0.39 is 5.25 Å². The lowest BCUT2D eigenvalue weighted by atomic mass is 10.0. The van der Waals surface area contributed by atoms with Crippen molar-refractivity contribution in [2.24, 2.45) is 0 Å². The molecule has 1 aliphatic heterocycles. The summed E-state index contributed by atoms with van der Waals surface area (Å²) in [6, 6.07) is 9.82. The summed E-state index contributed by atoms with van der Waals surface area (Å²) in [5.74, 6) is 1.75. The van der Waals surface area contributed by atoms with Crippen molar-refractivity contribution in [2.45, 2.75) is 44.4 Å². The van der Waals surface area contributed by atoms with Crippen LogP contribution in [0.25, 0.3) is 0 Å². The number of piperidine rings is 1. The molecule has 1 aliphatic rings. The Bertz CT molecular complexity index is 880. The largest absolute Gasteiger partial charge is 0.497 e. The summed E-state index contributed by atoms with van der Waals surface area (Å²) >= 11 is 1.29. The molecule has 2 N–H and O–H groups in total. The van der Waals surface area contributed by atoms with Crippen molar-refractivity contribution in [1.29, 1.82) is 0 Å². The molecule has 32 heavy (non-hydrogen) atoms. The van der Waals surface area contributed by atoms with Crippen LogP contribution < -0.4 is 15.4 Å². The highest BCUT2D eigenvalue weighted by Crippen LogP contribution is 2.26. The standard InChI is InChI=1S/C23H32N4O4S/c1-16-13-21(26-31-16)25-23(29)17(2)32-15-22(28)24-14-20(27-11-5-4-6-12-27)18-7-9-19(30-3)10-8-18/h7-10,13,17,20H,4-6,11-12,14-15H2,1-3H3,(H,24,28)(H,25,26,29)/t17-,20+/m0/s1. The van der Waals surface area contributed by atoms with E-state index in [2.05, 4.69) is 32.8 Å². The second-order valence-electron chi connectivity index (χ2n) is 7.95. The Hall–Kier alpha value is -2.52. The smallest absolute Gasteiger partial charge is 0.238 e. The number of carbonyl (C=O) groups excluding carboxylic acids is 2. The molecule has 8 nitrogen and oxygen atoms in total. The van der Waals surface area contributed by atoms with E-state index in [0.29, 0.717) is 18.1 Å². The first-order chi connectivity index (χ1) is 15.5. The molecule has 0 bridgehead atoms. The molecule has 1 saturated heterocycles. The number of aryl methyl sites for hydroxylation is 1. The lowest BCUT2D eigenvalue weighted by Gasteiger charge is -2.35. The van der Waals surface area contributed by atoms with Crippen LogP contribution in [0.4, 0.5) is 5.82 Å². The maximum Gasteiger partial charge on any atom is 0.238 e. The molecule has 2 amide bonds. The Morgan fingerprint density at radius 2 is 1.94 bits per heavy atom. The molecular formula is C23H32N4O4S. The van der Waals surface area contributed by atoms with Crippen molar-refractivity contribution in [3.05, 3.63) is 41.7 Å². The average Bonchev–Trinajstić information content (AvgIpc) is 3.23. The van der Waals surface area contributed by atoms with Gasteiger partial charge in [0.25, 0.3) is 0 Å². The Balaban J connectivity index is 1.50. The van der Waals surface area contributed by atoms with Crippen LogP contribution in [0.3, 0.4) is 0 Å². The van der Waals surface area contributed by atoms with Gasteiger partial charge in [-0.15, -0.1) is 11.8 Å². The maximum atomic E-state index is 12.5. The summed E-state index contributed by atoms with van der Waals surface area (Å²) in [4.78, 5) is 27.2. The summed E-state index contributed by atoms with van der Waals surface area (Å²) in [5, 5.41) is 9.13. The summed E-state index contributed by atoms with van der Waals surface area (Å²) < 4.78 is 10.2. The van der Waals surface area contributed by atoms with E-state index in [4.69, 9.17) is 9.26 Å². The number of thioether (sulfide) groups is 1. The van der Waals surface area contributed by atoms with E-state index in [1.807, 2.05) is 12.1 Å². The highest BCUT2D eigenvalue weighted by Gasteiger charge is 2.23. The van der Waals surface area contributed by atoms with E-state index in [0.717, 1.165) is 24.4 Å². The van der Waals surface area contributed by atoms with Gasteiger partial charge >= 0.3 is 0 Å². The van der Waals surface area contributed by atoms with Gasteiger partial charge in [-0.05, 0) is 57.5 Å². The number of hydrogen-bond acceptors (Lipinski definition) is 7. The molecule has 0 radical (unpaired) electrons. The number of benzene rings is 1. The number of carbonyl (C=O) groups is 2. The van der Waals surface area contributed by atoms with Crippen molar-refractivity contribution in [3.8, 4) is 5.75 Å². The Kier molecular flexibility index (Phi) is 8.99. The summed E-state index contributed by atoms with van der Waals surface area (Å²) in [6.45, 7) is 6.12. The Labute approximate surface area is 193 Å². The van der Waals surface area contributed by atoms with Crippen LogP contribution in [0.5, 0.6) is 5.75 Å². The fourth-order valence-electron chi connectivity index (χ4n) is 3.70. The number of hydrogen-bond donors (Lipinski definition) is 2. The predicted molar refractivity (Wildman–Crippen MR) is 126 cm³/mol. The number of aromatic nitrogens is 1. The number of methoxy groups -OCH3 is 1. The number of ether oxygens (including phenoxy) is 1. The second-order valence-corrected chi connectivity index (χ2v) is 9.28. The first-order valence-electron chi connectivity index (χ1n) is 11.0. The number of rotatable bonds is 10. The van der Waals surface area contributed by atoms with Gasteiger partial charge in [0, 0.05) is 12.6 Å². The van der Waals surface area contributed by atoms with E-state index in [-0.39, 0.29) is 23.6 Å². The van der Waals surface area contributed by atoms with Crippen molar-refractivity contribution in [1.82, 2.24) is 15.4 Å². The molecule has 0 unspecified atom stereocenters. The van der Waals surface area contributed by atoms with Crippen LogP contribution in [0.15, 0.2) is 34.9 Å². The summed E-state index contributed by atoms with van der Waals surface area (Å²) in [6.07, 6.45) is 3.60. The van der Waals surface area contributed by atoms with Crippen LogP contribution in [-0.2, 0) is 9.59 Å². The van der Waals surface area contributed by atoms with Gasteiger partial charge in [0.1, 0.15) is 11.5 Å². The molecule has 2 aromatic rings. The van der Waals surface area contributed by atoms with Crippen LogP contribution in [-0.4, -0.2) is 59.6 Å². The Morgan fingerprint density at radius 3 is 2.56 bits per heavy atom. The number of anilines is 1. The SMILES string of the molecule is COc1ccc([C@@H](CNC(=O)CS[C@@H](C)C(=O)Nc2cc(C)on2)N2CCCCC2)cc1. The molecular weight excluding hydrogens is 428 g/mol. The van der Waals surface area contributed by atoms with E-state index >= 15 is 0 Å². The van der Waals surface area contributed by atoms with Gasteiger partial charge in [-0.3, -0.25) is 14.5 Å². The number of likely N-dealkylation sites (tertiary alicyclic amines) is 1. The molecule has 2 atom stereocenters. The quantitative estimate of drug-likeness (QED) is 0.561. The molecule has 1 aromatic heterocycles. The molecule has 2 heterocycles. The predicted octanol–water partition coefficient (Wildman–Crippen LogP) is 3.40. The van der Waals surface area contributed by atoms with Gasteiger partial charge in [0.2, 0.25) is 11.8 Å². The third kappa shape index (κ3) is 7.00. The third-order valence-corrected chi connectivity index (χ3v) is 6.68. The molecule has 1 aromatic carbocycles. The minimum absolute atomic E-state index is 0.0811. The van der Waals surface area contributed by atoms with Gasteiger partial charge in [-0.1, -0.05) is 23.7 Å². The minimum Gasteiger partial charge on any atom is -0.497 e. The third-order valence-electron chi connectivity index (χ3n) is 5.54. The van der Waals surface area contributed by atoms with Crippen molar-refractivity contribution in [2.75, 3.05) is 37.8 Å². The number of nitrogens with one attached hydrogen (secondary N) is 2. The van der Waals surface area contributed by atoms with E-state index in [1.165, 1.54) is 31.0 Å². The first kappa shape index (κ1) is 24.1. The molecule has 0 aliphatic carbocycles. The van der Waals surface area contributed by atoms with Gasteiger partial charge in [-0.2, -0.15) is 0 Å². The van der Waals surface area contributed by atoms with Gasteiger partial charge in [-0.25, -0.2) is 0 Å². The average molecular weight is 461 g/mol. The van der Waals surface area contributed by atoms with Crippen molar-refractivity contribution in [3.63, 3.8) is 0 Å². The summed E-state index contributed by atoms with van der Waals surface area (Å²) in [7, 11) is 1.66. The zero-order valence-corrected chi connectivity index (χ0v) is 19.7. The van der Waals surface area contributed by atoms with Gasteiger partial charge < -0.3 is 19.9 Å². The van der Waals surface area contributed by atoms with Crippen LogP contribution in [0, 0.1) is 6.92 Å². The van der Waals surface area contributed by atoms with Crippen molar-refractivity contribution < 1.29 is 18.8 Å². The Morgan fingerprint density at radius 1 is 1.22 bits per heavy atom. The second kappa shape index (κ2) is 11.9. The lowest BCUT2D eigenvalue weighted by Crippen LogP contribution is -2.41.